The van der Waals surface area contributed by atoms with Crippen molar-refractivity contribution in [2.75, 3.05) is 13.2 Å². The van der Waals surface area contributed by atoms with Gasteiger partial charge in [-0.05, 0) is 40.2 Å². The highest BCUT2D eigenvalue weighted by Crippen LogP contribution is 2.27. The lowest BCUT2D eigenvalue weighted by Crippen LogP contribution is -2.54. The van der Waals surface area contributed by atoms with E-state index >= 15 is 0 Å². The van der Waals surface area contributed by atoms with Crippen molar-refractivity contribution in [1.82, 2.24) is 4.90 Å². The zero-order valence-corrected chi connectivity index (χ0v) is 19.0. The first-order valence-corrected chi connectivity index (χ1v) is 10.5. The van der Waals surface area contributed by atoms with Crippen molar-refractivity contribution in [3.63, 3.8) is 0 Å². The summed E-state index contributed by atoms with van der Waals surface area (Å²) >= 11 is 0. The van der Waals surface area contributed by atoms with Crippen molar-refractivity contribution in [3.8, 4) is 0 Å². The number of hydrogen-bond donors (Lipinski definition) is 2. The van der Waals surface area contributed by atoms with Gasteiger partial charge in [0.15, 0.2) is 5.79 Å². The van der Waals surface area contributed by atoms with Crippen LogP contribution in [0.3, 0.4) is 0 Å². The van der Waals surface area contributed by atoms with Crippen LogP contribution in [-0.4, -0.2) is 70.1 Å². The molecule has 1 aromatic carbocycles. The molecule has 1 aromatic rings. The fourth-order valence-corrected chi connectivity index (χ4v) is 3.26. The van der Waals surface area contributed by atoms with Gasteiger partial charge in [0.1, 0.15) is 23.9 Å². The zero-order chi connectivity index (χ0) is 23.2. The van der Waals surface area contributed by atoms with Crippen molar-refractivity contribution in [2.24, 2.45) is 0 Å². The van der Waals surface area contributed by atoms with Gasteiger partial charge in [0, 0.05) is 6.54 Å². The number of carbonyl (C=O) groups excluding carboxylic acids is 1. The average molecular weight is 434 g/mol. The Kier molecular flexibility index (Phi) is 8.42. The fraction of sp³-hybridized carbons (Fsp3) is 0.542. The molecular weight excluding hydrogens is 398 g/mol. The molecule has 1 saturated heterocycles. The molecule has 0 aromatic heterocycles. The largest absolute Gasteiger partial charge is 0.444 e. The number of carbonyl (C=O) groups is 1. The van der Waals surface area contributed by atoms with E-state index in [9.17, 15) is 15.0 Å². The Bertz CT molecular complexity index is 755. The summed E-state index contributed by atoms with van der Waals surface area (Å²) in [6.45, 7) is 12.8. The van der Waals surface area contributed by atoms with Gasteiger partial charge in [-0.2, -0.15) is 0 Å². The maximum atomic E-state index is 12.9. The molecular formula is C24H35NO6. The van der Waals surface area contributed by atoms with E-state index in [0.717, 1.165) is 5.56 Å². The number of nitrogens with zero attached hydrogens (tertiary/aromatic N) is 1. The minimum absolute atomic E-state index is 0.121. The first-order valence-electron chi connectivity index (χ1n) is 10.5. The summed E-state index contributed by atoms with van der Waals surface area (Å²) in [5, 5.41) is 22.0. The summed E-state index contributed by atoms with van der Waals surface area (Å²) in [4.78, 5) is 14.3. The number of ether oxygens (including phenoxy) is 3. The Morgan fingerprint density at radius 2 is 1.97 bits per heavy atom. The second kappa shape index (κ2) is 10.4. The van der Waals surface area contributed by atoms with Gasteiger partial charge in [-0.15, -0.1) is 6.58 Å². The minimum atomic E-state index is -1.35. The van der Waals surface area contributed by atoms with Crippen LogP contribution in [0.15, 0.2) is 49.1 Å². The molecule has 0 aliphatic carbocycles. The molecule has 7 nitrogen and oxygen atoms in total. The topological polar surface area (TPSA) is 88.5 Å². The van der Waals surface area contributed by atoms with Gasteiger partial charge < -0.3 is 24.4 Å². The predicted molar refractivity (Wildman–Crippen MR) is 119 cm³/mol. The third kappa shape index (κ3) is 7.47. The quantitative estimate of drug-likeness (QED) is 0.611. The molecule has 2 N–H and O–H groups in total. The number of rotatable bonds is 8. The van der Waals surface area contributed by atoms with Crippen LogP contribution in [0.2, 0.25) is 0 Å². The second-order valence-electron chi connectivity index (χ2n) is 9.03. The van der Waals surface area contributed by atoms with E-state index in [-0.39, 0.29) is 13.2 Å². The normalized spacial score (nSPS) is 21.5. The maximum Gasteiger partial charge on any atom is 0.411 e. The summed E-state index contributed by atoms with van der Waals surface area (Å²) in [5.74, 6) is -0.854. The highest BCUT2D eigenvalue weighted by Gasteiger charge is 2.43. The predicted octanol–water partition coefficient (Wildman–Crippen LogP) is 3.36. The SMILES string of the molecule is C=CCN(C(=O)OC(C)(C)C)[C@@H](/C=C/c1ccccc1)[C@H](O)[C@@H](O)[C@H]1COC(C)(C)O1. The van der Waals surface area contributed by atoms with Crippen LogP contribution in [0.4, 0.5) is 4.79 Å². The van der Waals surface area contributed by atoms with Crippen LogP contribution in [0.1, 0.15) is 40.2 Å². The van der Waals surface area contributed by atoms with Crippen LogP contribution in [0, 0.1) is 0 Å². The minimum Gasteiger partial charge on any atom is -0.444 e. The highest BCUT2D eigenvalue weighted by molar-refractivity contribution is 5.69. The molecule has 0 saturated carbocycles. The molecule has 4 atom stereocenters. The van der Waals surface area contributed by atoms with E-state index in [1.165, 1.54) is 4.90 Å². The van der Waals surface area contributed by atoms with Crippen molar-refractivity contribution < 1.29 is 29.2 Å². The molecule has 172 valence electrons. The van der Waals surface area contributed by atoms with E-state index in [1.807, 2.05) is 30.3 Å². The third-order valence-corrected chi connectivity index (χ3v) is 4.71. The van der Waals surface area contributed by atoms with Crippen LogP contribution in [0.25, 0.3) is 6.08 Å². The van der Waals surface area contributed by atoms with Crippen molar-refractivity contribution in [1.29, 1.82) is 0 Å². The van der Waals surface area contributed by atoms with E-state index < -0.39 is 41.8 Å². The van der Waals surface area contributed by atoms with Crippen LogP contribution in [-0.2, 0) is 14.2 Å². The Hall–Kier alpha value is -2.19. The molecule has 0 spiro atoms. The van der Waals surface area contributed by atoms with Crippen LogP contribution < -0.4 is 0 Å². The zero-order valence-electron chi connectivity index (χ0n) is 19.0. The van der Waals surface area contributed by atoms with Crippen LogP contribution >= 0.6 is 0 Å². The second-order valence-corrected chi connectivity index (χ2v) is 9.03. The maximum absolute atomic E-state index is 12.9. The molecule has 0 bridgehead atoms. The number of aliphatic hydroxyl groups is 2. The molecule has 1 heterocycles. The summed E-state index contributed by atoms with van der Waals surface area (Å²) < 4.78 is 16.8. The van der Waals surface area contributed by atoms with Crippen molar-refractivity contribution in [3.05, 3.63) is 54.6 Å². The standard InChI is InChI=1S/C24H35NO6/c1-7-15-25(22(28)31-23(2,3)4)18(14-13-17-11-9-8-10-12-17)20(26)21(27)19-16-29-24(5,6)30-19/h7-14,18-21,26-27H,1,15-16H2,2-6H3/b14-13+/t18-,19+,20-,21-/m0/s1. The van der Waals surface area contributed by atoms with E-state index in [4.69, 9.17) is 14.2 Å². The van der Waals surface area contributed by atoms with Crippen LogP contribution in [0.5, 0.6) is 0 Å². The molecule has 7 heteroatoms. The monoisotopic (exact) mass is 433 g/mol. The van der Waals surface area contributed by atoms with Gasteiger partial charge in [0.05, 0.1) is 12.6 Å². The molecule has 1 aliphatic heterocycles. The Morgan fingerprint density at radius 1 is 1.32 bits per heavy atom. The number of amides is 1. The Balaban J connectivity index is 2.34. The fourth-order valence-electron chi connectivity index (χ4n) is 3.26. The van der Waals surface area contributed by atoms with E-state index in [0.29, 0.717) is 0 Å². The first kappa shape index (κ1) is 25.1. The summed E-state index contributed by atoms with van der Waals surface area (Å²) in [6, 6.07) is 8.59. The van der Waals surface area contributed by atoms with Gasteiger partial charge in [0.25, 0.3) is 0 Å². The summed E-state index contributed by atoms with van der Waals surface area (Å²) in [5.41, 5.74) is 0.165. The van der Waals surface area contributed by atoms with Gasteiger partial charge in [0.2, 0.25) is 0 Å². The van der Waals surface area contributed by atoms with E-state index in [2.05, 4.69) is 6.58 Å². The number of benzene rings is 1. The van der Waals surface area contributed by atoms with Gasteiger partial charge in [-0.1, -0.05) is 48.6 Å². The average Bonchev–Trinajstić information content (AvgIpc) is 3.05. The smallest absolute Gasteiger partial charge is 0.411 e. The first-order chi connectivity index (χ1) is 14.4. The van der Waals surface area contributed by atoms with Crippen molar-refractivity contribution in [2.45, 2.75) is 70.4 Å². The van der Waals surface area contributed by atoms with Gasteiger partial charge in [-0.3, -0.25) is 4.90 Å². The molecule has 0 unspecified atom stereocenters. The lowest BCUT2D eigenvalue weighted by Gasteiger charge is -2.36. The molecule has 1 aliphatic rings. The molecule has 1 fully saturated rings. The third-order valence-electron chi connectivity index (χ3n) is 4.71. The Morgan fingerprint density at radius 3 is 2.48 bits per heavy atom. The lowest BCUT2D eigenvalue weighted by molar-refractivity contribution is -0.163. The Labute approximate surface area is 184 Å². The number of aliphatic hydroxyl groups excluding tert-OH is 2. The van der Waals surface area contributed by atoms with Gasteiger partial charge >= 0.3 is 6.09 Å². The molecule has 0 radical (unpaired) electrons. The molecule has 2 rings (SSSR count). The lowest BCUT2D eigenvalue weighted by atomic mass is 9.98. The molecule has 1 amide bonds. The number of hydrogen-bond acceptors (Lipinski definition) is 6. The summed E-state index contributed by atoms with van der Waals surface area (Å²) in [7, 11) is 0. The highest BCUT2D eigenvalue weighted by atomic mass is 16.7. The summed E-state index contributed by atoms with van der Waals surface area (Å²) in [6.07, 6.45) is 1.02. The van der Waals surface area contributed by atoms with Crippen molar-refractivity contribution >= 4 is 12.2 Å². The van der Waals surface area contributed by atoms with E-state index in [1.54, 1.807) is 52.8 Å². The van der Waals surface area contributed by atoms with Gasteiger partial charge in [-0.25, -0.2) is 4.79 Å². The molecule has 31 heavy (non-hydrogen) atoms.